The van der Waals surface area contributed by atoms with Crippen LogP contribution in [0, 0.1) is 0 Å². The lowest BCUT2D eigenvalue weighted by atomic mass is 10.0. The molecule has 2 heterocycles. The van der Waals surface area contributed by atoms with Gasteiger partial charge in [0, 0.05) is 33.4 Å². The van der Waals surface area contributed by atoms with Gasteiger partial charge in [-0.3, -0.25) is 4.79 Å². The molecule has 0 saturated carbocycles. The van der Waals surface area contributed by atoms with Gasteiger partial charge in [0.1, 0.15) is 11.4 Å². The third kappa shape index (κ3) is 2.19. The number of halogens is 2. The predicted molar refractivity (Wildman–Crippen MR) is 80.3 cm³/mol. The van der Waals surface area contributed by atoms with Gasteiger partial charge in [0.05, 0.1) is 5.02 Å². The summed E-state index contributed by atoms with van der Waals surface area (Å²) in [6.45, 7) is 0. The summed E-state index contributed by atoms with van der Waals surface area (Å²) in [7, 11) is 0. The molecule has 0 aliphatic heterocycles. The number of ketones is 1. The Balaban J connectivity index is 2.15. The third-order valence-corrected chi connectivity index (χ3v) is 3.69. The van der Waals surface area contributed by atoms with Crippen LogP contribution in [0.1, 0.15) is 15.9 Å². The van der Waals surface area contributed by atoms with Gasteiger partial charge in [-0.25, -0.2) is 4.98 Å². The Morgan fingerprint density at radius 2 is 2.10 bits per heavy atom. The first kappa shape index (κ1) is 13.1. The van der Waals surface area contributed by atoms with Gasteiger partial charge in [-0.05, 0) is 40.2 Å². The van der Waals surface area contributed by atoms with Gasteiger partial charge in [0.25, 0.3) is 0 Å². The summed E-state index contributed by atoms with van der Waals surface area (Å²) in [5, 5.41) is 10.3. The van der Waals surface area contributed by atoms with Crippen LogP contribution in [0.15, 0.2) is 41.1 Å². The Morgan fingerprint density at radius 1 is 1.30 bits per heavy atom. The zero-order valence-corrected chi connectivity index (χ0v) is 12.4. The van der Waals surface area contributed by atoms with E-state index in [1.807, 2.05) is 6.07 Å². The zero-order chi connectivity index (χ0) is 14.3. The number of phenolic OH excluding ortho intramolecular Hbond substituents is 1. The first-order valence-electron chi connectivity index (χ1n) is 5.72. The van der Waals surface area contributed by atoms with Crippen LogP contribution in [-0.4, -0.2) is 20.9 Å². The summed E-state index contributed by atoms with van der Waals surface area (Å²) in [5.41, 5.74) is 1.46. The highest BCUT2D eigenvalue weighted by atomic mass is 79.9. The molecule has 0 radical (unpaired) electrons. The molecule has 2 aromatic heterocycles. The highest BCUT2D eigenvalue weighted by molar-refractivity contribution is 9.10. The maximum Gasteiger partial charge on any atom is 0.196 e. The van der Waals surface area contributed by atoms with E-state index in [0.717, 1.165) is 4.47 Å². The second kappa shape index (κ2) is 4.92. The van der Waals surface area contributed by atoms with Crippen molar-refractivity contribution in [1.82, 2.24) is 9.97 Å². The number of hydrogen-bond acceptors (Lipinski definition) is 3. The Bertz CT molecular complexity index is 829. The summed E-state index contributed by atoms with van der Waals surface area (Å²) < 4.78 is 0.787. The molecule has 0 atom stereocenters. The molecule has 20 heavy (non-hydrogen) atoms. The van der Waals surface area contributed by atoms with Crippen LogP contribution in [0.25, 0.3) is 11.0 Å². The van der Waals surface area contributed by atoms with Crippen LogP contribution < -0.4 is 0 Å². The fourth-order valence-electron chi connectivity index (χ4n) is 2.00. The van der Waals surface area contributed by atoms with Gasteiger partial charge in [0.15, 0.2) is 5.78 Å². The summed E-state index contributed by atoms with van der Waals surface area (Å²) in [4.78, 5) is 19.7. The number of aromatic amines is 1. The molecular formula is C14H8BrClN2O2. The molecule has 0 bridgehead atoms. The number of nitrogens with zero attached hydrogens (tertiary/aromatic N) is 1. The van der Waals surface area contributed by atoms with Crippen LogP contribution >= 0.6 is 27.5 Å². The van der Waals surface area contributed by atoms with Gasteiger partial charge in [-0.1, -0.05) is 11.6 Å². The molecule has 4 nitrogen and oxygen atoms in total. The Labute approximate surface area is 127 Å². The van der Waals surface area contributed by atoms with Crippen molar-refractivity contribution >= 4 is 44.3 Å². The van der Waals surface area contributed by atoms with E-state index in [9.17, 15) is 9.90 Å². The molecule has 6 heteroatoms. The molecule has 0 saturated heterocycles. The van der Waals surface area contributed by atoms with E-state index in [4.69, 9.17) is 11.6 Å². The van der Waals surface area contributed by atoms with Crippen molar-refractivity contribution in [2.45, 2.75) is 0 Å². The lowest BCUT2D eigenvalue weighted by Crippen LogP contribution is -2.01. The molecule has 0 spiro atoms. The molecule has 100 valence electrons. The predicted octanol–water partition coefficient (Wildman–Crippen LogP) is 3.92. The monoisotopic (exact) mass is 350 g/mol. The summed E-state index contributed by atoms with van der Waals surface area (Å²) in [6, 6.07) is 6.10. The van der Waals surface area contributed by atoms with Gasteiger partial charge < -0.3 is 10.1 Å². The quantitative estimate of drug-likeness (QED) is 0.688. The third-order valence-electron chi connectivity index (χ3n) is 2.94. The molecule has 3 rings (SSSR count). The van der Waals surface area contributed by atoms with Crippen LogP contribution in [0.4, 0.5) is 0 Å². The summed E-state index contributed by atoms with van der Waals surface area (Å²) in [5.74, 6) is -0.198. The van der Waals surface area contributed by atoms with Crippen molar-refractivity contribution in [3.63, 3.8) is 0 Å². The van der Waals surface area contributed by atoms with Crippen LogP contribution in [0.3, 0.4) is 0 Å². The number of H-pyrrole nitrogens is 1. The number of nitrogens with one attached hydrogen (secondary N) is 1. The standard InChI is InChI=1S/C14H8BrClN2O2/c15-7-3-10-11(6-18-14(10)17-5-7)13(20)9-2-1-8(19)4-12(9)16/h1-6,19H,(H,17,18). The minimum Gasteiger partial charge on any atom is -0.508 e. The van der Waals surface area contributed by atoms with E-state index in [1.165, 1.54) is 18.2 Å². The maximum absolute atomic E-state index is 12.5. The highest BCUT2D eigenvalue weighted by Gasteiger charge is 2.17. The van der Waals surface area contributed by atoms with E-state index in [-0.39, 0.29) is 16.6 Å². The molecule has 0 fully saturated rings. The van der Waals surface area contributed by atoms with E-state index in [0.29, 0.717) is 22.2 Å². The van der Waals surface area contributed by atoms with Crippen molar-refractivity contribution < 1.29 is 9.90 Å². The lowest BCUT2D eigenvalue weighted by Gasteiger charge is -2.03. The first-order chi connectivity index (χ1) is 9.56. The molecule has 1 aromatic carbocycles. The van der Waals surface area contributed by atoms with Crippen molar-refractivity contribution in [2.75, 3.05) is 0 Å². The fraction of sp³-hybridized carbons (Fsp3) is 0. The molecule has 0 unspecified atom stereocenters. The van der Waals surface area contributed by atoms with E-state index < -0.39 is 0 Å². The van der Waals surface area contributed by atoms with Gasteiger partial charge >= 0.3 is 0 Å². The van der Waals surface area contributed by atoms with Crippen LogP contribution in [-0.2, 0) is 0 Å². The minimum atomic E-state index is -0.221. The van der Waals surface area contributed by atoms with Crippen molar-refractivity contribution in [3.05, 3.63) is 57.3 Å². The molecule has 0 amide bonds. The van der Waals surface area contributed by atoms with Crippen LogP contribution in [0.5, 0.6) is 5.75 Å². The van der Waals surface area contributed by atoms with Gasteiger partial charge in [-0.2, -0.15) is 0 Å². The number of carbonyl (C=O) groups is 1. The average Bonchev–Trinajstić information content (AvgIpc) is 2.81. The molecular weight excluding hydrogens is 344 g/mol. The van der Waals surface area contributed by atoms with Crippen molar-refractivity contribution in [3.8, 4) is 5.75 Å². The normalized spacial score (nSPS) is 10.9. The van der Waals surface area contributed by atoms with Gasteiger partial charge in [-0.15, -0.1) is 0 Å². The van der Waals surface area contributed by atoms with E-state index in [1.54, 1.807) is 12.4 Å². The Hall–Kier alpha value is -1.85. The van der Waals surface area contributed by atoms with E-state index in [2.05, 4.69) is 25.9 Å². The number of fused-ring (bicyclic) bond motifs is 1. The highest BCUT2D eigenvalue weighted by Crippen LogP contribution is 2.27. The topological polar surface area (TPSA) is 66.0 Å². The minimum absolute atomic E-state index is 0.0230. The second-order valence-electron chi connectivity index (χ2n) is 4.25. The zero-order valence-electron chi connectivity index (χ0n) is 10.0. The Morgan fingerprint density at radius 3 is 2.85 bits per heavy atom. The number of hydrogen-bond donors (Lipinski definition) is 2. The second-order valence-corrected chi connectivity index (χ2v) is 5.57. The smallest absolute Gasteiger partial charge is 0.196 e. The summed E-state index contributed by atoms with van der Waals surface area (Å²) >= 11 is 9.34. The molecule has 0 aliphatic rings. The number of carbonyl (C=O) groups excluding carboxylic acids is 1. The fourth-order valence-corrected chi connectivity index (χ4v) is 2.59. The number of benzene rings is 1. The van der Waals surface area contributed by atoms with Crippen molar-refractivity contribution in [2.24, 2.45) is 0 Å². The lowest BCUT2D eigenvalue weighted by molar-refractivity contribution is 0.104. The summed E-state index contributed by atoms with van der Waals surface area (Å²) in [6.07, 6.45) is 3.26. The number of aromatic hydroxyl groups is 1. The van der Waals surface area contributed by atoms with Crippen molar-refractivity contribution in [1.29, 1.82) is 0 Å². The first-order valence-corrected chi connectivity index (χ1v) is 6.89. The SMILES string of the molecule is O=C(c1ccc(O)cc1Cl)c1c[nH]c2ncc(Br)cc12. The molecule has 0 aliphatic carbocycles. The molecule has 2 N–H and O–H groups in total. The number of phenols is 1. The number of rotatable bonds is 2. The van der Waals surface area contributed by atoms with Crippen LogP contribution in [0.2, 0.25) is 5.02 Å². The average molecular weight is 352 g/mol. The maximum atomic E-state index is 12.5. The van der Waals surface area contributed by atoms with Gasteiger partial charge in [0.2, 0.25) is 0 Å². The largest absolute Gasteiger partial charge is 0.508 e. The number of aromatic nitrogens is 2. The van der Waals surface area contributed by atoms with E-state index >= 15 is 0 Å². The Kier molecular flexibility index (Phi) is 3.23. The number of pyridine rings is 1. The molecule has 3 aromatic rings.